The van der Waals surface area contributed by atoms with Gasteiger partial charge in [-0.05, 0) is 51.2 Å². The monoisotopic (exact) mass is 241 g/mol. The third-order valence-corrected chi connectivity index (χ3v) is 3.94. The van der Waals surface area contributed by atoms with Crippen LogP contribution in [0.5, 0.6) is 0 Å². The van der Waals surface area contributed by atoms with Gasteiger partial charge in [0.1, 0.15) is 0 Å². The molecule has 0 saturated carbocycles. The molecule has 1 fully saturated rings. The number of carbonyl (C=O) groups excluding carboxylic acids is 1. The van der Waals surface area contributed by atoms with Crippen molar-refractivity contribution in [2.24, 2.45) is 11.1 Å². The number of nitrogens with zero attached hydrogens (tertiary/aromatic N) is 1. The maximum absolute atomic E-state index is 11.7. The van der Waals surface area contributed by atoms with Crippen LogP contribution in [0.4, 0.5) is 0 Å². The van der Waals surface area contributed by atoms with E-state index in [1.165, 1.54) is 0 Å². The lowest BCUT2D eigenvalue weighted by Crippen LogP contribution is -2.47. The molecule has 0 aromatic carbocycles. The van der Waals surface area contributed by atoms with Gasteiger partial charge >= 0.3 is 0 Å². The topological polar surface area (TPSA) is 58.4 Å². The summed E-state index contributed by atoms with van der Waals surface area (Å²) in [7, 11) is 0. The highest BCUT2D eigenvalue weighted by Crippen LogP contribution is 2.29. The van der Waals surface area contributed by atoms with Gasteiger partial charge in [0.25, 0.3) is 0 Å². The van der Waals surface area contributed by atoms with Crippen molar-refractivity contribution >= 4 is 5.91 Å². The number of piperidine rings is 1. The van der Waals surface area contributed by atoms with Crippen LogP contribution in [0.2, 0.25) is 0 Å². The molecule has 1 aliphatic rings. The second kappa shape index (κ2) is 6.36. The number of carbonyl (C=O) groups is 1. The van der Waals surface area contributed by atoms with Crippen LogP contribution in [0.25, 0.3) is 0 Å². The quantitative estimate of drug-likeness (QED) is 0.754. The fourth-order valence-corrected chi connectivity index (χ4v) is 2.08. The van der Waals surface area contributed by atoms with Crippen LogP contribution in [0.3, 0.4) is 0 Å². The zero-order valence-corrected chi connectivity index (χ0v) is 11.5. The van der Waals surface area contributed by atoms with E-state index in [4.69, 9.17) is 5.73 Å². The van der Waals surface area contributed by atoms with E-state index in [9.17, 15) is 4.79 Å². The number of hydrogen-bond acceptors (Lipinski definition) is 3. The van der Waals surface area contributed by atoms with Crippen LogP contribution in [-0.2, 0) is 4.79 Å². The molecular weight excluding hydrogens is 214 g/mol. The van der Waals surface area contributed by atoms with Crippen LogP contribution in [0.15, 0.2) is 0 Å². The highest BCUT2D eigenvalue weighted by atomic mass is 16.2. The van der Waals surface area contributed by atoms with Gasteiger partial charge in [0, 0.05) is 6.04 Å². The molecule has 1 atom stereocenters. The molecule has 0 bridgehead atoms. The van der Waals surface area contributed by atoms with Crippen LogP contribution >= 0.6 is 0 Å². The first-order valence-electron chi connectivity index (χ1n) is 6.71. The summed E-state index contributed by atoms with van der Waals surface area (Å²) in [4.78, 5) is 14.0. The van der Waals surface area contributed by atoms with E-state index in [1.54, 1.807) is 0 Å². The third-order valence-electron chi connectivity index (χ3n) is 3.94. The van der Waals surface area contributed by atoms with E-state index in [1.807, 2.05) is 6.92 Å². The normalized spacial score (nSPS) is 22.1. The molecule has 1 rings (SSSR count). The maximum atomic E-state index is 11.7. The van der Waals surface area contributed by atoms with Gasteiger partial charge < -0.3 is 11.1 Å². The summed E-state index contributed by atoms with van der Waals surface area (Å²) >= 11 is 0. The van der Waals surface area contributed by atoms with Crippen molar-refractivity contribution in [1.29, 1.82) is 0 Å². The molecule has 3 N–H and O–H groups in total. The van der Waals surface area contributed by atoms with E-state index >= 15 is 0 Å². The predicted octanol–water partition coefficient (Wildman–Crippen LogP) is 0.962. The van der Waals surface area contributed by atoms with Crippen LogP contribution < -0.4 is 11.1 Å². The van der Waals surface area contributed by atoms with E-state index < -0.39 is 0 Å². The number of rotatable bonds is 5. The minimum Gasteiger partial charge on any atom is -0.353 e. The summed E-state index contributed by atoms with van der Waals surface area (Å²) in [5, 5.41) is 3.01. The van der Waals surface area contributed by atoms with E-state index in [0.29, 0.717) is 6.54 Å². The van der Waals surface area contributed by atoms with E-state index in [-0.39, 0.29) is 17.4 Å². The molecule has 1 aliphatic heterocycles. The lowest BCUT2D eigenvalue weighted by Gasteiger charge is -2.38. The standard InChI is InChI=1S/C13H27N3O/c1-4-11(2)15-12(17)9-16-7-5-13(3,10-14)6-8-16/h11H,4-10,14H2,1-3H3,(H,15,17). The van der Waals surface area contributed by atoms with Crippen LogP contribution in [0.1, 0.15) is 40.0 Å². The highest BCUT2D eigenvalue weighted by molar-refractivity contribution is 5.78. The number of nitrogens with two attached hydrogens (primary N) is 1. The Morgan fingerprint density at radius 2 is 2.06 bits per heavy atom. The van der Waals surface area contributed by atoms with Gasteiger partial charge in [0.05, 0.1) is 6.54 Å². The molecule has 0 aromatic heterocycles. The number of likely N-dealkylation sites (tertiary alicyclic amines) is 1. The summed E-state index contributed by atoms with van der Waals surface area (Å²) in [6.07, 6.45) is 3.18. The third kappa shape index (κ3) is 4.64. The molecule has 0 aliphatic carbocycles. The Kier molecular flexibility index (Phi) is 5.40. The van der Waals surface area contributed by atoms with Crippen molar-refractivity contribution in [1.82, 2.24) is 10.2 Å². The number of nitrogens with one attached hydrogen (secondary N) is 1. The van der Waals surface area contributed by atoms with Crippen LogP contribution in [0, 0.1) is 5.41 Å². The Morgan fingerprint density at radius 3 is 2.53 bits per heavy atom. The zero-order valence-electron chi connectivity index (χ0n) is 11.5. The molecule has 0 spiro atoms. The molecule has 1 saturated heterocycles. The Hall–Kier alpha value is -0.610. The lowest BCUT2D eigenvalue weighted by molar-refractivity contribution is -0.123. The average molecular weight is 241 g/mol. The van der Waals surface area contributed by atoms with Gasteiger partial charge in [-0.3, -0.25) is 9.69 Å². The summed E-state index contributed by atoms with van der Waals surface area (Å²) in [5.74, 6) is 0.149. The summed E-state index contributed by atoms with van der Waals surface area (Å²) in [6.45, 7) is 9.62. The lowest BCUT2D eigenvalue weighted by atomic mass is 9.80. The first-order valence-corrected chi connectivity index (χ1v) is 6.71. The maximum Gasteiger partial charge on any atom is 0.234 e. The van der Waals surface area contributed by atoms with Gasteiger partial charge in [0.2, 0.25) is 5.91 Å². The zero-order chi connectivity index (χ0) is 12.9. The summed E-state index contributed by atoms with van der Waals surface area (Å²) < 4.78 is 0. The van der Waals surface area contributed by atoms with E-state index in [2.05, 4.69) is 24.1 Å². The largest absolute Gasteiger partial charge is 0.353 e. The smallest absolute Gasteiger partial charge is 0.234 e. The molecule has 1 amide bonds. The Labute approximate surface area is 105 Å². The van der Waals surface area contributed by atoms with Gasteiger partial charge in [-0.15, -0.1) is 0 Å². The second-order valence-electron chi connectivity index (χ2n) is 5.67. The number of amides is 1. The molecular formula is C13H27N3O. The molecule has 100 valence electrons. The molecule has 1 heterocycles. The average Bonchev–Trinajstić information content (AvgIpc) is 2.32. The molecule has 4 heteroatoms. The molecule has 1 unspecified atom stereocenters. The fourth-order valence-electron chi connectivity index (χ4n) is 2.08. The van der Waals surface area contributed by atoms with Crippen molar-refractivity contribution in [3.05, 3.63) is 0 Å². The molecule has 4 nitrogen and oxygen atoms in total. The predicted molar refractivity (Wildman–Crippen MR) is 70.7 cm³/mol. The van der Waals surface area contributed by atoms with Crippen molar-refractivity contribution < 1.29 is 4.79 Å². The number of hydrogen-bond donors (Lipinski definition) is 2. The minimum absolute atomic E-state index is 0.149. The van der Waals surface area contributed by atoms with Crippen molar-refractivity contribution in [2.75, 3.05) is 26.2 Å². The van der Waals surface area contributed by atoms with Gasteiger partial charge in [0.15, 0.2) is 0 Å². The Morgan fingerprint density at radius 1 is 1.47 bits per heavy atom. The highest BCUT2D eigenvalue weighted by Gasteiger charge is 2.29. The first kappa shape index (κ1) is 14.5. The molecule has 17 heavy (non-hydrogen) atoms. The molecule has 0 aromatic rings. The van der Waals surface area contributed by atoms with Crippen molar-refractivity contribution in [3.8, 4) is 0 Å². The van der Waals surface area contributed by atoms with Crippen molar-refractivity contribution in [3.63, 3.8) is 0 Å². The van der Waals surface area contributed by atoms with Gasteiger partial charge in [-0.25, -0.2) is 0 Å². The van der Waals surface area contributed by atoms with Gasteiger partial charge in [-0.1, -0.05) is 13.8 Å². The first-order chi connectivity index (χ1) is 7.99. The van der Waals surface area contributed by atoms with Gasteiger partial charge in [-0.2, -0.15) is 0 Å². The molecule has 0 radical (unpaired) electrons. The minimum atomic E-state index is 0.149. The fraction of sp³-hybridized carbons (Fsp3) is 0.923. The van der Waals surface area contributed by atoms with Crippen LogP contribution in [-0.4, -0.2) is 43.0 Å². The SMILES string of the molecule is CCC(C)NC(=O)CN1CCC(C)(CN)CC1. The van der Waals surface area contributed by atoms with E-state index in [0.717, 1.165) is 38.9 Å². The Bertz CT molecular complexity index is 247. The summed E-state index contributed by atoms with van der Waals surface area (Å²) in [5.41, 5.74) is 6.05. The second-order valence-corrected chi connectivity index (χ2v) is 5.67. The summed E-state index contributed by atoms with van der Waals surface area (Å²) in [6, 6.07) is 0.279. The Balaban J connectivity index is 2.28. The van der Waals surface area contributed by atoms with Crippen molar-refractivity contribution in [2.45, 2.75) is 46.1 Å².